The Bertz CT molecular complexity index is 448. The van der Waals surface area contributed by atoms with Crippen LogP contribution in [-0.2, 0) is 0 Å². The van der Waals surface area contributed by atoms with Gasteiger partial charge in [-0.05, 0) is 44.3 Å². The summed E-state index contributed by atoms with van der Waals surface area (Å²) in [6, 6.07) is 1.53. The Morgan fingerprint density at radius 1 is 1.42 bits per heavy atom. The highest BCUT2D eigenvalue weighted by molar-refractivity contribution is 9.12. The molecule has 8 heteroatoms. The molecular formula is C11H12Br2F3NOS. The predicted octanol–water partition coefficient (Wildman–Crippen LogP) is 5.08. The monoisotopic (exact) mass is 421 g/mol. The summed E-state index contributed by atoms with van der Waals surface area (Å²) in [5.74, 6) is -0.598. The Kier molecular flexibility index (Phi) is 6.32. The molecule has 0 saturated carbocycles. The second-order valence-corrected chi connectivity index (χ2v) is 7.68. The number of amides is 1. The van der Waals surface area contributed by atoms with Crippen molar-refractivity contribution in [1.82, 2.24) is 4.90 Å². The van der Waals surface area contributed by atoms with Gasteiger partial charge in [0.1, 0.15) is 6.54 Å². The Labute approximate surface area is 130 Å². The molecular weight excluding hydrogens is 411 g/mol. The molecule has 0 spiro atoms. The van der Waals surface area contributed by atoms with Crippen LogP contribution in [0.5, 0.6) is 0 Å². The van der Waals surface area contributed by atoms with Gasteiger partial charge in [-0.2, -0.15) is 13.2 Å². The number of carbonyl (C=O) groups is 1. The largest absolute Gasteiger partial charge is 0.406 e. The van der Waals surface area contributed by atoms with Crippen molar-refractivity contribution in [3.63, 3.8) is 0 Å². The molecule has 0 atom stereocenters. The third-order valence-electron chi connectivity index (χ3n) is 2.33. The Hall–Kier alpha value is -0.0800. The van der Waals surface area contributed by atoms with E-state index in [0.717, 1.165) is 11.3 Å². The number of hydrogen-bond donors (Lipinski definition) is 0. The molecule has 1 amide bonds. The highest BCUT2D eigenvalue weighted by Gasteiger charge is 2.33. The van der Waals surface area contributed by atoms with Crippen molar-refractivity contribution in [3.05, 3.63) is 19.2 Å². The van der Waals surface area contributed by atoms with Gasteiger partial charge in [-0.25, -0.2) is 0 Å². The van der Waals surface area contributed by atoms with Crippen LogP contribution in [0.1, 0.15) is 30.1 Å². The number of nitrogens with zero attached hydrogens (tertiary/aromatic N) is 1. The minimum atomic E-state index is -4.39. The van der Waals surface area contributed by atoms with Crippen LogP contribution in [0.3, 0.4) is 0 Å². The summed E-state index contributed by atoms with van der Waals surface area (Å²) < 4.78 is 38.7. The number of thiophene rings is 1. The van der Waals surface area contributed by atoms with Gasteiger partial charge in [0.2, 0.25) is 0 Å². The van der Waals surface area contributed by atoms with E-state index in [1.54, 1.807) is 0 Å². The van der Waals surface area contributed by atoms with Crippen LogP contribution in [-0.4, -0.2) is 30.1 Å². The van der Waals surface area contributed by atoms with Crippen LogP contribution < -0.4 is 0 Å². The molecule has 0 bridgehead atoms. The van der Waals surface area contributed by atoms with Crippen molar-refractivity contribution in [3.8, 4) is 0 Å². The average molecular weight is 423 g/mol. The lowest BCUT2D eigenvalue weighted by atomic mass is 10.2. The molecule has 0 aliphatic rings. The van der Waals surface area contributed by atoms with Crippen LogP contribution in [0, 0.1) is 0 Å². The van der Waals surface area contributed by atoms with E-state index in [2.05, 4.69) is 31.9 Å². The fourth-order valence-corrected chi connectivity index (χ4v) is 4.25. The third-order valence-corrected chi connectivity index (χ3v) is 4.67. The van der Waals surface area contributed by atoms with Gasteiger partial charge in [0.15, 0.2) is 0 Å². The summed E-state index contributed by atoms with van der Waals surface area (Å²) in [5, 5.41) is 0. The van der Waals surface area contributed by atoms with Crippen molar-refractivity contribution < 1.29 is 18.0 Å². The molecule has 1 aromatic heterocycles. The molecule has 19 heavy (non-hydrogen) atoms. The standard InChI is InChI=1S/C11H12Br2F3NOS/c1-2-3-4-17(6-11(14,15)16)10(18)7-5-8(12)19-9(7)13/h5H,2-4,6H2,1H3. The van der Waals surface area contributed by atoms with E-state index < -0.39 is 18.6 Å². The zero-order chi connectivity index (χ0) is 14.6. The first-order valence-corrected chi connectivity index (χ1v) is 7.95. The van der Waals surface area contributed by atoms with Crippen LogP contribution in [0.2, 0.25) is 0 Å². The lowest BCUT2D eigenvalue weighted by molar-refractivity contribution is -0.140. The molecule has 0 aliphatic heterocycles. The second kappa shape index (κ2) is 7.08. The average Bonchev–Trinajstić information content (AvgIpc) is 2.61. The number of carbonyl (C=O) groups excluding carboxylic acids is 1. The van der Waals surface area contributed by atoms with Crippen molar-refractivity contribution in [2.24, 2.45) is 0 Å². The van der Waals surface area contributed by atoms with Gasteiger partial charge in [0.05, 0.1) is 13.1 Å². The summed E-state index contributed by atoms with van der Waals surface area (Å²) >= 11 is 7.66. The fourth-order valence-electron chi connectivity index (χ4n) is 1.47. The summed E-state index contributed by atoms with van der Waals surface area (Å²) in [5.41, 5.74) is 0.261. The molecule has 108 valence electrons. The molecule has 0 aromatic carbocycles. The van der Waals surface area contributed by atoms with Crippen molar-refractivity contribution in [2.45, 2.75) is 25.9 Å². The first-order chi connectivity index (χ1) is 8.74. The Morgan fingerprint density at radius 3 is 2.47 bits per heavy atom. The van der Waals surface area contributed by atoms with Crippen molar-refractivity contribution in [1.29, 1.82) is 0 Å². The SMILES string of the molecule is CCCCN(CC(F)(F)F)C(=O)c1cc(Br)sc1Br. The van der Waals surface area contributed by atoms with Gasteiger partial charge >= 0.3 is 6.18 Å². The lowest BCUT2D eigenvalue weighted by Gasteiger charge is -2.23. The summed E-state index contributed by atoms with van der Waals surface area (Å²) in [7, 11) is 0. The Balaban J connectivity index is 2.90. The minimum Gasteiger partial charge on any atom is -0.329 e. The Morgan fingerprint density at radius 2 is 2.05 bits per heavy atom. The molecule has 0 saturated heterocycles. The molecule has 0 unspecified atom stereocenters. The minimum absolute atomic E-state index is 0.106. The lowest BCUT2D eigenvalue weighted by Crippen LogP contribution is -2.39. The number of halogens is 5. The second-order valence-electron chi connectivity index (χ2n) is 3.93. The van der Waals surface area contributed by atoms with E-state index in [1.807, 2.05) is 6.92 Å². The molecule has 2 nitrogen and oxygen atoms in total. The smallest absolute Gasteiger partial charge is 0.329 e. The van der Waals surface area contributed by atoms with E-state index >= 15 is 0 Å². The number of alkyl halides is 3. The summed E-state index contributed by atoms with van der Waals surface area (Å²) in [6.45, 7) is 0.758. The van der Waals surface area contributed by atoms with Crippen LogP contribution in [0.15, 0.2) is 13.6 Å². The topological polar surface area (TPSA) is 20.3 Å². The molecule has 0 aliphatic carbocycles. The van der Waals surface area contributed by atoms with E-state index in [9.17, 15) is 18.0 Å². The molecule has 1 rings (SSSR count). The normalized spacial score (nSPS) is 11.7. The molecule has 0 N–H and O–H groups in total. The summed E-state index contributed by atoms with van der Waals surface area (Å²) in [4.78, 5) is 13.0. The van der Waals surface area contributed by atoms with Gasteiger partial charge in [-0.3, -0.25) is 4.79 Å². The van der Waals surface area contributed by atoms with E-state index in [1.165, 1.54) is 17.4 Å². The van der Waals surface area contributed by atoms with Crippen LogP contribution in [0.4, 0.5) is 13.2 Å². The van der Waals surface area contributed by atoms with E-state index in [-0.39, 0.29) is 12.1 Å². The van der Waals surface area contributed by atoms with Crippen molar-refractivity contribution >= 4 is 49.1 Å². The van der Waals surface area contributed by atoms with E-state index in [4.69, 9.17) is 0 Å². The van der Waals surface area contributed by atoms with Crippen molar-refractivity contribution in [2.75, 3.05) is 13.1 Å². The molecule has 0 radical (unpaired) electrons. The highest BCUT2D eigenvalue weighted by atomic mass is 79.9. The maximum Gasteiger partial charge on any atom is 0.406 e. The quantitative estimate of drug-likeness (QED) is 0.648. The van der Waals surface area contributed by atoms with E-state index in [0.29, 0.717) is 14.0 Å². The van der Waals surface area contributed by atoms with Crippen LogP contribution >= 0.6 is 43.2 Å². The first-order valence-electron chi connectivity index (χ1n) is 5.55. The summed E-state index contributed by atoms with van der Waals surface area (Å²) in [6.07, 6.45) is -3.11. The van der Waals surface area contributed by atoms with Gasteiger partial charge in [0, 0.05) is 6.54 Å². The van der Waals surface area contributed by atoms with Crippen LogP contribution in [0.25, 0.3) is 0 Å². The fraction of sp³-hybridized carbons (Fsp3) is 0.545. The molecule has 1 heterocycles. The zero-order valence-corrected chi connectivity index (χ0v) is 14.0. The van der Waals surface area contributed by atoms with Gasteiger partial charge < -0.3 is 4.90 Å². The van der Waals surface area contributed by atoms with Gasteiger partial charge in [-0.15, -0.1) is 11.3 Å². The molecule has 1 aromatic rings. The maximum atomic E-state index is 12.5. The van der Waals surface area contributed by atoms with Gasteiger partial charge in [0.25, 0.3) is 5.91 Å². The zero-order valence-electron chi connectivity index (χ0n) is 10.1. The maximum absolute atomic E-state index is 12.5. The highest BCUT2D eigenvalue weighted by Crippen LogP contribution is 2.33. The van der Waals surface area contributed by atoms with Gasteiger partial charge in [-0.1, -0.05) is 13.3 Å². The third kappa shape index (κ3) is 5.43. The predicted molar refractivity (Wildman–Crippen MR) is 76.6 cm³/mol. The number of unbranched alkanes of at least 4 members (excludes halogenated alkanes) is 1. The first kappa shape index (κ1) is 17.0. The number of rotatable bonds is 5. The number of hydrogen-bond acceptors (Lipinski definition) is 2. The molecule has 0 fully saturated rings.